The normalized spacial score (nSPS) is 20.9. The summed E-state index contributed by atoms with van der Waals surface area (Å²) < 4.78 is 0. The first-order valence-electron chi connectivity index (χ1n) is 4.11. The second-order valence-corrected chi connectivity index (χ2v) is 2.89. The van der Waals surface area contributed by atoms with Gasteiger partial charge in [0, 0.05) is 20.1 Å². The van der Waals surface area contributed by atoms with Crippen LogP contribution in [0.4, 0.5) is 0 Å². The van der Waals surface area contributed by atoms with E-state index >= 15 is 0 Å². The Bertz CT molecular complexity index is 229. The number of hydrogen-bond donors (Lipinski definition) is 2. The molecule has 1 aliphatic heterocycles. The molecule has 74 valence electrons. The number of carboxylic acids is 1. The summed E-state index contributed by atoms with van der Waals surface area (Å²) in [6.07, 6.45) is 0.864. The minimum atomic E-state index is -0.864. The van der Waals surface area contributed by atoms with Gasteiger partial charge in [0.2, 0.25) is 5.96 Å². The Morgan fingerprint density at radius 1 is 1.69 bits per heavy atom. The van der Waals surface area contributed by atoms with E-state index in [1.807, 2.05) is 0 Å². The number of carboxylic acid groups (broad SMARTS) is 1. The summed E-state index contributed by atoms with van der Waals surface area (Å²) in [6.45, 7) is 1.38. The van der Waals surface area contributed by atoms with Gasteiger partial charge in [-0.15, -0.1) is 0 Å². The highest BCUT2D eigenvalue weighted by Gasteiger charge is 2.22. The lowest BCUT2D eigenvalue weighted by atomic mass is 10.3. The number of aliphatic imine (C=N–C) groups is 1. The molecule has 0 atom stereocenters. The van der Waals surface area contributed by atoms with Gasteiger partial charge in [-0.05, 0) is 6.42 Å². The third-order valence-corrected chi connectivity index (χ3v) is 1.89. The highest BCUT2D eigenvalue weighted by Crippen LogP contribution is 2.04. The van der Waals surface area contributed by atoms with Crippen LogP contribution < -0.4 is 5.84 Å². The molecular weight excluding hydrogens is 172 g/mol. The van der Waals surface area contributed by atoms with E-state index in [1.165, 1.54) is 5.01 Å². The van der Waals surface area contributed by atoms with E-state index in [-0.39, 0.29) is 6.54 Å². The number of guanidine groups is 1. The maximum absolute atomic E-state index is 10.5. The molecule has 3 N–H and O–H groups in total. The average molecular weight is 186 g/mol. The number of aliphatic carboxylic acids is 1. The number of nitrogens with two attached hydrogens (primary N) is 1. The SMILES string of the molecule is CN=C1N(N)CCCN1CC(=O)O. The van der Waals surface area contributed by atoms with Crippen LogP contribution in [0.3, 0.4) is 0 Å². The van der Waals surface area contributed by atoms with Gasteiger partial charge in [0.15, 0.2) is 0 Å². The fourth-order valence-electron chi connectivity index (χ4n) is 1.40. The van der Waals surface area contributed by atoms with E-state index in [9.17, 15) is 4.79 Å². The summed E-state index contributed by atoms with van der Waals surface area (Å²) in [5.74, 6) is 5.31. The topological polar surface area (TPSA) is 82.2 Å². The maximum atomic E-state index is 10.5. The van der Waals surface area contributed by atoms with Crippen molar-refractivity contribution < 1.29 is 9.90 Å². The molecule has 0 aliphatic carbocycles. The summed E-state index contributed by atoms with van der Waals surface area (Å²) in [4.78, 5) is 16.1. The lowest BCUT2D eigenvalue weighted by Crippen LogP contribution is -2.54. The van der Waals surface area contributed by atoms with Gasteiger partial charge in [0.25, 0.3) is 0 Å². The number of nitrogens with zero attached hydrogens (tertiary/aromatic N) is 3. The van der Waals surface area contributed by atoms with Gasteiger partial charge in [-0.2, -0.15) is 0 Å². The number of hydrogen-bond acceptors (Lipinski definition) is 3. The van der Waals surface area contributed by atoms with Crippen molar-refractivity contribution in [2.75, 3.05) is 26.7 Å². The molecule has 0 aromatic heterocycles. The predicted molar refractivity (Wildman–Crippen MR) is 48.1 cm³/mol. The van der Waals surface area contributed by atoms with Gasteiger partial charge in [-0.3, -0.25) is 14.8 Å². The average Bonchev–Trinajstić information content (AvgIpc) is 2.03. The van der Waals surface area contributed by atoms with Gasteiger partial charge in [-0.1, -0.05) is 0 Å². The first-order chi connectivity index (χ1) is 6.15. The van der Waals surface area contributed by atoms with Crippen molar-refractivity contribution in [3.63, 3.8) is 0 Å². The number of carbonyl (C=O) groups is 1. The van der Waals surface area contributed by atoms with Crippen LogP contribution in [-0.2, 0) is 4.79 Å². The summed E-state index contributed by atoms with van der Waals surface area (Å²) in [7, 11) is 1.61. The van der Waals surface area contributed by atoms with Crippen molar-refractivity contribution in [3.05, 3.63) is 0 Å². The molecular formula is C7H14N4O2. The minimum absolute atomic E-state index is 0.0413. The first-order valence-corrected chi connectivity index (χ1v) is 4.11. The van der Waals surface area contributed by atoms with Crippen LogP contribution in [0, 0.1) is 0 Å². The Kier molecular flexibility index (Phi) is 3.07. The van der Waals surface area contributed by atoms with Crippen molar-refractivity contribution in [2.24, 2.45) is 10.8 Å². The molecule has 0 aromatic rings. The predicted octanol–water partition coefficient (Wildman–Crippen LogP) is -1.06. The Labute approximate surface area is 76.6 Å². The summed E-state index contributed by atoms with van der Waals surface area (Å²) >= 11 is 0. The van der Waals surface area contributed by atoms with E-state index in [4.69, 9.17) is 10.9 Å². The summed E-state index contributed by atoms with van der Waals surface area (Å²) in [5, 5.41) is 10.1. The second-order valence-electron chi connectivity index (χ2n) is 2.89. The number of hydrazine groups is 1. The van der Waals surface area contributed by atoms with E-state index in [2.05, 4.69) is 4.99 Å². The molecule has 1 rings (SSSR count). The molecule has 0 amide bonds. The van der Waals surface area contributed by atoms with E-state index < -0.39 is 5.97 Å². The zero-order valence-corrected chi connectivity index (χ0v) is 7.60. The molecule has 0 radical (unpaired) electrons. The fourth-order valence-corrected chi connectivity index (χ4v) is 1.40. The molecule has 6 nitrogen and oxygen atoms in total. The van der Waals surface area contributed by atoms with Crippen LogP contribution in [0.1, 0.15) is 6.42 Å². The highest BCUT2D eigenvalue weighted by molar-refractivity contribution is 5.84. The smallest absolute Gasteiger partial charge is 0.323 e. The van der Waals surface area contributed by atoms with Crippen molar-refractivity contribution in [1.29, 1.82) is 0 Å². The molecule has 0 spiro atoms. The van der Waals surface area contributed by atoms with Crippen molar-refractivity contribution >= 4 is 11.9 Å². The van der Waals surface area contributed by atoms with Gasteiger partial charge >= 0.3 is 5.97 Å². The van der Waals surface area contributed by atoms with Crippen LogP contribution in [-0.4, -0.2) is 53.6 Å². The van der Waals surface area contributed by atoms with Gasteiger partial charge in [0.05, 0.1) is 0 Å². The van der Waals surface area contributed by atoms with E-state index in [0.29, 0.717) is 12.5 Å². The van der Waals surface area contributed by atoms with Crippen molar-refractivity contribution in [2.45, 2.75) is 6.42 Å². The molecule has 0 unspecified atom stereocenters. The number of rotatable bonds is 2. The highest BCUT2D eigenvalue weighted by atomic mass is 16.4. The molecule has 0 saturated carbocycles. The lowest BCUT2D eigenvalue weighted by molar-refractivity contribution is -0.137. The first kappa shape index (κ1) is 9.79. The Morgan fingerprint density at radius 2 is 2.38 bits per heavy atom. The lowest BCUT2D eigenvalue weighted by Gasteiger charge is -2.35. The second kappa shape index (κ2) is 4.08. The van der Waals surface area contributed by atoms with Crippen LogP contribution in [0.2, 0.25) is 0 Å². The minimum Gasteiger partial charge on any atom is -0.480 e. The Hall–Kier alpha value is -1.30. The Balaban J connectivity index is 2.65. The van der Waals surface area contributed by atoms with Gasteiger partial charge < -0.3 is 10.0 Å². The molecule has 6 heteroatoms. The molecule has 1 aliphatic rings. The Morgan fingerprint density at radius 3 is 2.92 bits per heavy atom. The standard InChI is InChI=1S/C7H14N4O2/c1-9-7-10(5-6(12)13)3-2-4-11(7)8/h2-5,8H2,1H3,(H,12,13). The van der Waals surface area contributed by atoms with Crippen LogP contribution in [0.15, 0.2) is 4.99 Å². The molecule has 0 aromatic carbocycles. The van der Waals surface area contributed by atoms with E-state index in [1.54, 1.807) is 11.9 Å². The summed E-state index contributed by atoms with van der Waals surface area (Å²) in [5.41, 5.74) is 0. The third-order valence-electron chi connectivity index (χ3n) is 1.89. The molecule has 1 fully saturated rings. The molecule has 1 saturated heterocycles. The largest absolute Gasteiger partial charge is 0.480 e. The van der Waals surface area contributed by atoms with Crippen LogP contribution in [0.25, 0.3) is 0 Å². The quantitative estimate of drug-likeness (QED) is 0.537. The molecule has 13 heavy (non-hydrogen) atoms. The van der Waals surface area contributed by atoms with Gasteiger partial charge in [-0.25, -0.2) is 5.84 Å². The molecule has 1 heterocycles. The summed E-state index contributed by atoms with van der Waals surface area (Å²) in [6, 6.07) is 0. The zero-order chi connectivity index (χ0) is 9.84. The van der Waals surface area contributed by atoms with Crippen LogP contribution in [0.5, 0.6) is 0 Å². The maximum Gasteiger partial charge on any atom is 0.323 e. The zero-order valence-electron chi connectivity index (χ0n) is 7.60. The van der Waals surface area contributed by atoms with Gasteiger partial charge in [0.1, 0.15) is 6.54 Å². The van der Waals surface area contributed by atoms with E-state index in [0.717, 1.165) is 13.0 Å². The monoisotopic (exact) mass is 186 g/mol. The van der Waals surface area contributed by atoms with Crippen LogP contribution >= 0.6 is 0 Å². The van der Waals surface area contributed by atoms with Crippen molar-refractivity contribution in [3.8, 4) is 0 Å². The van der Waals surface area contributed by atoms with Crippen molar-refractivity contribution in [1.82, 2.24) is 9.91 Å². The fraction of sp³-hybridized carbons (Fsp3) is 0.714. The third kappa shape index (κ3) is 2.32. The molecule has 0 bridgehead atoms.